The van der Waals surface area contributed by atoms with Crippen LogP contribution >= 0.6 is 0 Å². The normalized spacial score (nSPS) is 13.9. The van der Waals surface area contributed by atoms with Gasteiger partial charge in [0.2, 0.25) is 0 Å². The zero-order valence-electron chi connectivity index (χ0n) is 10.6. The van der Waals surface area contributed by atoms with Crippen molar-refractivity contribution in [3.05, 3.63) is 35.4 Å². The number of hydrogen-bond acceptors (Lipinski definition) is 2. The van der Waals surface area contributed by atoms with E-state index in [2.05, 4.69) is 5.32 Å². The van der Waals surface area contributed by atoms with Gasteiger partial charge in [0.25, 0.3) is 0 Å². The third kappa shape index (κ3) is 4.31. The van der Waals surface area contributed by atoms with Gasteiger partial charge in [-0.05, 0) is 30.2 Å². The number of halogens is 3. The average Bonchev–Trinajstić information content (AvgIpc) is 2.29. The zero-order chi connectivity index (χ0) is 13.8. The van der Waals surface area contributed by atoms with E-state index in [-0.39, 0.29) is 12.6 Å². The van der Waals surface area contributed by atoms with Crippen LogP contribution in [0.25, 0.3) is 0 Å². The minimum Gasteiger partial charge on any atom is -0.329 e. The van der Waals surface area contributed by atoms with Crippen LogP contribution in [0.5, 0.6) is 0 Å². The molecule has 0 saturated heterocycles. The first-order chi connectivity index (χ1) is 8.34. The van der Waals surface area contributed by atoms with Gasteiger partial charge in [-0.3, -0.25) is 0 Å². The summed E-state index contributed by atoms with van der Waals surface area (Å²) in [7, 11) is 0. The number of hydrogen-bond donors (Lipinski definition) is 2. The van der Waals surface area contributed by atoms with Gasteiger partial charge in [-0.15, -0.1) is 0 Å². The van der Waals surface area contributed by atoms with Gasteiger partial charge < -0.3 is 11.1 Å². The van der Waals surface area contributed by atoms with Crippen molar-refractivity contribution in [2.75, 3.05) is 13.1 Å². The molecule has 0 amide bonds. The summed E-state index contributed by atoms with van der Waals surface area (Å²) in [4.78, 5) is 0. The lowest BCUT2D eigenvalue weighted by atomic mass is 10.0. The third-order valence-electron chi connectivity index (χ3n) is 2.62. The van der Waals surface area contributed by atoms with Crippen molar-refractivity contribution >= 4 is 0 Å². The van der Waals surface area contributed by atoms with Crippen LogP contribution in [0.15, 0.2) is 24.3 Å². The molecule has 1 rings (SSSR count). The van der Waals surface area contributed by atoms with Crippen molar-refractivity contribution < 1.29 is 13.2 Å². The Morgan fingerprint density at radius 1 is 1.28 bits per heavy atom. The molecule has 0 aliphatic heterocycles. The Bertz CT molecular complexity index is 375. The molecule has 0 aromatic heterocycles. The van der Waals surface area contributed by atoms with E-state index in [1.165, 1.54) is 6.07 Å². The maximum atomic E-state index is 12.6. The molecule has 0 radical (unpaired) electrons. The second-order valence-corrected chi connectivity index (χ2v) is 4.71. The molecule has 3 N–H and O–H groups in total. The highest BCUT2D eigenvalue weighted by Gasteiger charge is 2.30. The fourth-order valence-electron chi connectivity index (χ4n) is 1.65. The van der Waals surface area contributed by atoms with Gasteiger partial charge >= 0.3 is 6.18 Å². The van der Waals surface area contributed by atoms with E-state index in [4.69, 9.17) is 5.73 Å². The first kappa shape index (κ1) is 15.0. The van der Waals surface area contributed by atoms with Gasteiger partial charge in [-0.1, -0.05) is 26.0 Å². The minimum atomic E-state index is -4.31. The Morgan fingerprint density at radius 2 is 1.94 bits per heavy atom. The predicted molar refractivity (Wildman–Crippen MR) is 66.1 cm³/mol. The highest BCUT2D eigenvalue weighted by molar-refractivity contribution is 5.28. The van der Waals surface area contributed by atoms with E-state index >= 15 is 0 Å². The van der Waals surface area contributed by atoms with Crippen LogP contribution in [0.4, 0.5) is 13.2 Å². The van der Waals surface area contributed by atoms with Crippen molar-refractivity contribution in [1.82, 2.24) is 5.32 Å². The van der Waals surface area contributed by atoms with Crippen LogP contribution in [-0.4, -0.2) is 13.1 Å². The number of nitrogens with two attached hydrogens (primary N) is 1. The maximum Gasteiger partial charge on any atom is 0.416 e. The van der Waals surface area contributed by atoms with Crippen LogP contribution in [-0.2, 0) is 6.18 Å². The predicted octanol–water partition coefficient (Wildman–Crippen LogP) is 2.95. The second-order valence-electron chi connectivity index (χ2n) is 4.71. The summed E-state index contributed by atoms with van der Waals surface area (Å²) >= 11 is 0. The molecule has 0 aliphatic rings. The van der Waals surface area contributed by atoms with E-state index in [1.807, 2.05) is 13.8 Å². The monoisotopic (exact) mass is 260 g/mol. The summed E-state index contributed by atoms with van der Waals surface area (Å²) in [5.74, 6) is 0.421. The molecule has 2 nitrogen and oxygen atoms in total. The molecule has 18 heavy (non-hydrogen) atoms. The molecular formula is C13H19F3N2. The highest BCUT2D eigenvalue weighted by Crippen LogP contribution is 2.30. The Balaban J connectivity index is 2.86. The lowest BCUT2D eigenvalue weighted by Crippen LogP contribution is -2.31. The standard InChI is InChI=1S/C13H19F3N2/c1-9(2)8-18-12(7-17)10-4-3-5-11(6-10)13(14,15)16/h3-6,9,12,18H,7-8,17H2,1-2H3. The first-order valence-corrected chi connectivity index (χ1v) is 5.95. The molecule has 1 atom stereocenters. The lowest BCUT2D eigenvalue weighted by molar-refractivity contribution is -0.137. The highest BCUT2D eigenvalue weighted by atomic mass is 19.4. The summed E-state index contributed by atoms with van der Waals surface area (Å²) < 4.78 is 37.8. The molecular weight excluding hydrogens is 241 g/mol. The van der Waals surface area contributed by atoms with Crippen LogP contribution < -0.4 is 11.1 Å². The average molecular weight is 260 g/mol. The van der Waals surface area contributed by atoms with Crippen LogP contribution in [0, 0.1) is 5.92 Å². The summed E-state index contributed by atoms with van der Waals surface area (Å²) in [6.45, 7) is 5.06. The fraction of sp³-hybridized carbons (Fsp3) is 0.538. The maximum absolute atomic E-state index is 12.6. The van der Waals surface area contributed by atoms with Crippen LogP contribution in [0.3, 0.4) is 0 Å². The second kappa shape index (κ2) is 6.20. The molecule has 0 heterocycles. The molecule has 0 saturated carbocycles. The summed E-state index contributed by atoms with van der Waals surface area (Å²) in [5, 5.41) is 3.17. The summed E-state index contributed by atoms with van der Waals surface area (Å²) in [6, 6.07) is 5.07. The molecule has 0 aliphatic carbocycles. The van der Waals surface area contributed by atoms with Gasteiger partial charge in [-0.25, -0.2) is 0 Å². The van der Waals surface area contributed by atoms with Gasteiger partial charge in [0.15, 0.2) is 0 Å². The largest absolute Gasteiger partial charge is 0.416 e. The number of rotatable bonds is 5. The van der Waals surface area contributed by atoms with Gasteiger partial charge in [-0.2, -0.15) is 13.2 Å². The van der Waals surface area contributed by atoms with Crippen molar-refractivity contribution in [3.63, 3.8) is 0 Å². The Morgan fingerprint density at radius 3 is 2.44 bits per heavy atom. The van der Waals surface area contributed by atoms with E-state index in [9.17, 15) is 13.2 Å². The Hall–Kier alpha value is -1.07. The smallest absolute Gasteiger partial charge is 0.329 e. The van der Waals surface area contributed by atoms with E-state index in [1.54, 1.807) is 6.07 Å². The summed E-state index contributed by atoms with van der Waals surface area (Å²) in [5.41, 5.74) is 5.55. The van der Waals surface area contributed by atoms with Crippen molar-refractivity contribution in [2.45, 2.75) is 26.1 Å². The van der Waals surface area contributed by atoms with Gasteiger partial charge in [0.1, 0.15) is 0 Å². The number of nitrogens with one attached hydrogen (secondary N) is 1. The van der Waals surface area contributed by atoms with Gasteiger partial charge in [0.05, 0.1) is 5.56 Å². The molecule has 1 aromatic rings. The van der Waals surface area contributed by atoms with Gasteiger partial charge in [0, 0.05) is 12.6 Å². The molecule has 102 valence electrons. The first-order valence-electron chi connectivity index (χ1n) is 5.95. The summed E-state index contributed by atoms with van der Waals surface area (Å²) in [6.07, 6.45) is -4.31. The number of benzene rings is 1. The zero-order valence-corrected chi connectivity index (χ0v) is 10.6. The molecule has 0 bridgehead atoms. The molecule has 5 heteroatoms. The van der Waals surface area contributed by atoms with E-state index in [0.29, 0.717) is 11.5 Å². The van der Waals surface area contributed by atoms with Crippen LogP contribution in [0.2, 0.25) is 0 Å². The number of alkyl halides is 3. The molecule has 0 spiro atoms. The third-order valence-corrected chi connectivity index (χ3v) is 2.62. The van der Waals surface area contributed by atoms with Crippen LogP contribution in [0.1, 0.15) is 31.0 Å². The quantitative estimate of drug-likeness (QED) is 0.854. The molecule has 1 aromatic carbocycles. The van der Waals surface area contributed by atoms with Crippen molar-refractivity contribution in [1.29, 1.82) is 0 Å². The topological polar surface area (TPSA) is 38.0 Å². The SMILES string of the molecule is CC(C)CNC(CN)c1cccc(C(F)(F)F)c1. The Labute approximate surface area is 105 Å². The Kier molecular flexibility index (Phi) is 5.16. The van der Waals surface area contributed by atoms with Crippen molar-refractivity contribution in [3.8, 4) is 0 Å². The molecule has 0 fully saturated rings. The van der Waals surface area contributed by atoms with E-state index in [0.717, 1.165) is 18.7 Å². The van der Waals surface area contributed by atoms with E-state index < -0.39 is 11.7 Å². The lowest BCUT2D eigenvalue weighted by Gasteiger charge is -2.20. The minimum absolute atomic E-state index is 0.241. The molecule has 1 unspecified atom stereocenters. The fourth-order valence-corrected chi connectivity index (χ4v) is 1.65. The van der Waals surface area contributed by atoms with Crippen molar-refractivity contribution in [2.24, 2.45) is 11.7 Å².